The normalized spacial score (nSPS) is 21.9. The maximum atomic E-state index is 12.5. The summed E-state index contributed by atoms with van der Waals surface area (Å²) in [6.45, 7) is 8.97. The number of carbonyl (C=O) groups is 3. The molecule has 0 aromatic carbocycles. The monoisotopic (exact) mass is 360 g/mol. The minimum Gasteiger partial charge on any atom is -0.390 e. The van der Waals surface area contributed by atoms with Gasteiger partial charge in [0.2, 0.25) is 0 Å². The van der Waals surface area contributed by atoms with Gasteiger partial charge in [-0.3, -0.25) is 14.4 Å². The summed E-state index contributed by atoms with van der Waals surface area (Å²) in [5.41, 5.74) is 1.37. The van der Waals surface area contributed by atoms with Gasteiger partial charge in [-0.2, -0.15) is 0 Å². The first-order valence-electron chi connectivity index (χ1n) is 9.66. The molecule has 1 unspecified atom stereocenters. The molecule has 1 atom stereocenters. The molecule has 26 heavy (non-hydrogen) atoms. The highest BCUT2D eigenvalue weighted by Crippen LogP contribution is 2.49. The molecular weight excluding hydrogens is 328 g/mol. The molecule has 0 heterocycles. The highest BCUT2D eigenvalue weighted by Gasteiger charge is 2.37. The lowest BCUT2D eigenvalue weighted by atomic mass is 9.81. The molecule has 4 nitrogen and oxygen atoms in total. The Morgan fingerprint density at radius 2 is 1.58 bits per heavy atom. The number of hydrogen-bond acceptors (Lipinski definition) is 4. The molecule has 0 bridgehead atoms. The summed E-state index contributed by atoms with van der Waals surface area (Å²) in [7, 11) is 0. The Bertz CT molecular complexity index is 687. The molecule has 0 saturated heterocycles. The Morgan fingerprint density at radius 3 is 2.15 bits per heavy atom. The van der Waals surface area contributed by atoms with Crippen molar-refractivity contribution >= 4 is 17.3 Å². The van der Waals surface area contributed by atoms with Gasteiger partial charge in [0.05, 0.1) is 5.60 Å². The third-order valence-corrected chi connectivity index (χ3v) is 6.28. The summed E-state index contributed by atoms with van der Waals surface area (Å²) in [6, 6.07) is 0. The van der Waals surface area contributed by atoms with Crippen LogP contribution in [0.15, 0.2) is 22.3 Å². The van der Waals surface area contributed by atoms with Crippen molar-refractivity contribution in [3.05, 3.63) is 22.3 Å². The quantitative estimate of drug-likeness (QED) is 0.624. The average molecular weight is 360 g/mol. The first kappa shape index (κ1) is 20.8. The van der Waals surface area contributed by atoms with E-state index in [1.165, 1.54) is 12.8 Å². The van der Waals surface area contributed by atoms with Gasteiger partial charge >= 0.3 is 0 Å². The van der Waals surface area contributed by atoms with Crippen molar-refractivity contribution in [1.82, 2.24) is 0 Å². The standard InChI is InChI=1S/C22H32O4/c1-14-15(2)20(25)18(16(3)19(14)24)8-11-22(5,26)10-7-17(23)6-9-21(4)12-13-21/h26H,6-13H2,1-5H3. The van der Waals surface area contributed by atoms with E-state index >= 15 is 0 Å². The van der Waals surface area contributed by atoms with Crippen molar-refractivity contribution in [2.75, 3.05) is 0 Å². The van der Waals surface area contributed by atoms with E-state index in [-0.39, 0.29) is 17.3 Å². The van der Waals surface area contributed by atoms with Crippen LogP contribution < -0.4 is 0 Å². The van der Waals surface area contributed by atoms with E-state index in [1.54, 1.807) is 27.7 Å². The fourth-order valence-electron chi connectivity index (χ4n) is 3.41. The van der Waals surface area contributed by atoms with Gasteiger partial charge in [-0.05, 0) is 71.6 Å². The summed E-state index contributed by atoms with van der Waals surface area (Å²) in [5.74, 6) is 0.0248. The van der Waals surface area contributed by atoms with Crippen LogP contribution in [0.1, 0.15) is 86.0 Å². The Kier molecular flexibility index (Phi) is 6.06. The lowest BCUT2D eigenvalue weighted by Crippen LogP contribution is -2.27. The van der Waals surface area contributed by atoms with Gasteiger partial charge in [0.1, 0.15) is 5.78 Å². The predicted molar refractivity (Wildman–Crippen MR) is 102 cm³/mol. The van der Waals surface area contributed by atoms with Crippen LogP contribution in [0.3, 0.4) is 0 Å². The van der Waals surface area contributed by atoms with Crippen molar-refractivity contribution in [3.8, 4) is 0 Å². The van der Waals surface area contributed by atoms with Crippen LogP contribution in [0, 0.1) is 5.41 Å². The molecule has 1 fully saturated rings. The Morgan fingerprint density at radius 1 is 1.00 bits per heavy atom. The van der Waals surface area contributed by atoms with Gasteiger partial charge in [0.25, 0.3) is 0 Å². The molecule has 2 rings (SSSR count). The molecule has 2 aliphatic rings. The summed E-state index contributed by atoms with van der Waals surface area (Å²) in [4.78, 5) is 36.7. The minimum absolute atomic E-state index is 0.0829. The average Bonchev–Trinajstić information content (AvgIpc) is 3.32. The third kappa shape index (κ3) is 5.00. The van der Waals surface area contributed by atoms with Gasteiger partial charge in [0.15, 0.2) is 11.6 Å². The molecule has 0 radical (unpaired) electrons. The zero-order valence-corrected chi connectivity index (χ0v) is 16.8. The van der Waals surface area contributed by atoms with Crippen LogP contribution in [0.25, 0.3) is 0 Å². The molecule has 0 aromatic rings. The van der Waals surface area contributed by atoms with Gasteiger partial charge in [-0.15, -0.1) is 0 Å². The molecule has 2 aliphatic carbocycles. The maximum Gasteiger partial charge on any atom is 0.185 e. The second-order valence-corrected chi connectivity index (χ2v) is 8.86. The van der Waals surface area contributed by atoms with E-state index in [1.807, 2.05) is 0 Å². The summed E-state index contributed by atoms with van der Waals surface area (Å²) >= 11 is 0. The number of ketones is 3. The molecule has 0 amide bonds. The predicted octanol–water partition coefficient (Wildman–Crippen LogP) is 4.25. The minimum atomic E-state index is -1.01. The van der Waals surface area contributed by atoms with E-state index in [0.29, 0.717) is 59.8 Å². The van der Waals surface area contributed by atoms with Crippen LogP contribution in [0.2, 0.25) is 0 Å². The number of aliphatic hydroxyl groups is 1. The molecule has 0 aromatic heterocycles. The first-order chi connectivity index (χ1) is 12.0. The van der Waals surface area contributed by atoms with Crippen LogP contribution in [0.4, 0.5) is 0 Å². The number of Topliss-reactive ketones (excluding diaryl/α,β-unsaturated/α-hetero) is 3. The lowest BCUT2D eigenvalue weighted by Gasteiger charge is -2.25. The Labute approximate surface area is 156 Å². The summed E-state index contributed by atoms with van der Waals surface area (Å²) in [6.07, 6.45) is 5.46. The van der Waals surface area contributed by atoms with Crippen LogP contribution in [-0.2, 0) is 14.4 Å². The Balaban J connectivity index is 1.86. The molecule has 1 N–H and O–H groups in total. The summed E-state index contributed by atoms with van der Waals surface area (Å²) in [5, 5.41) is 10.6. The highest BCUT2D eigenvalue weighted by atomic mass is 16.3. The molecular formula is C22H32O4. The van der Waals surface area contributed by atoms with Crippen LogP contribution in [0.5, 0.6) is 0 Å². The first-order valence-corrected chi connectivity index (χ1v) is 9.66. The summed E-state index contributed by atoms with van der Waals surface area (Å²) < 4.78 is 0. The molecule has 0 spiro atoms. The Hall–Kier alpha value is -1.55. The van der Waals surface area contributed by atoms with E-state index < -0.39 is 5.60 Å². The van der Waals surface area contributed by atoms with E-state index in [9.17, 15) is 19.5 Å². The smallest absolute Gasteiger partial charge is 0.185 e. The van der Waals surface area contributed by atoms with E-state index in [4.69, 9.17) is 0 Å². The molecule has 0 aliphatic heterocycles. The zero-order chi connectivity index (χ0) is 19.7. The molecule has 144 valence electrons. The fraction of sp³-hybridized carbons (Fsp3) is 0.682. The number of allylic oxidation sites excluding steroid dienone is 4. The van der Waals surface area contributed by atoms with Crippen molar-refractivity contribution in [1.29, 1.82) is 0 Å². The van der Waals surface area contributed by atoms with Gasteiger partial charge in [0, 0.05) is 35.1 Å². The SMILES string of the molecule is CC1=C(C)C(=O)C(CCC(C)(O)CCC(=O)CCC2(C)CC2)=C(C)C1=O. The topological polar surface area (TPSA) is 71.4 Å². The van der Waals surface area contributed by atoms with Gasteiger partial charge in [-0.1, -0.05) is 6.92 Å². The van der Waals surface area contributed by atoms with Gasteiger partial charge < -0.3 is 5.11 Å². The second-order valence-electron chi connectivity index (χ2n) is 8.86. The van der Waals surface area contributed by atoms with Crippen LogP contribution in [-0.4, -0.2) is 28.1 Å². The zero-order valence-electron chi connectivity index (χ0n) is 16.8. The fourth-order valence-corrected chi connectivity index (χ4v) is 3.41. The van der Waals surface area contributed by atoms with Gasteiger partial charge in [-0.25, -0.2) is 0 Å². The number of rotatable bonds is 9. The third-order valence-electron chi connectivity index (χ3n) is 6.28. The highest BCUT2D eigenvalue weighted by molar-refractivity contribution is 6.24. The largest absolute Gasteiger partial charge is 0.390 e. The van der Waals surface area contributed by atoms with E-state index in [0.717, 1.165) is 6.42 Å². The van der Waals surface area contributed by atoms with Crippen molar-refractivity contribution < 1.29 is 19.5 Å². The maximum absolute atomic E-state index is 12.5. The second kappa shape index (κ2) is 7.59. The van der Waals surface area contributed by atoms with Crippen molar-refractivity contribution in [2.45, 2.75) is 91.6 Å². The van der Waals surface area contributed by atoms with Crippen molar-refractivity contribution in [2.24, 2.45) is 5.41 Å². The molecule has 4 heteroatoms. The van der Waals surface area contributed by atoms with E-state index in [2.05, 4.69) is 6.92 Å². The number of hydrogen-bond donors (Lipinski definition) is 1. The van der Waals surface area contributed by atoms with Crippen LogP contribution >= 0.6 is 0 Å². The lowest BCUT2D eigenvalue weighted by molar-refractivity contribution is -0.120. The molecule has 1 saturated carbocycles. The van der Waals surface area contributed by atoms with Crippen molar-refractivity contribution in [3.63, 3.8) is 0 Å². The number of carbonyl (C=O) groups excluding carboxylic acids is 3.